The van der Waals surface area contributed by atoms with Gasteiger partial charge in [-0.2, -0.15) is 0 Å². The first-order valence-corrected chi connectivity index (χ1v) is 6.62. The molecule has 0 unspecified atom stereocenters. The van der Waals surface area contributed by atoms with Gasteiger partial charge in [0, 0.05) is 37.1 Å². The van der Waals surface area contributed by atoms with Crippen LogP contribution in [0.4, 0.5) is 11.4 Å². The van der Waals surface area contributed by atoms with Gasteiger partial charge in [0.05, 0.1) is 23.1 Å². The van der Waals surface area contributed by atoms with Crippen LogP contribution in [0.5, 0.6) is 0 Å². The number of carbonyl (C=O) groups is 1. The van der Waals surface area contributed by atoms with Gasteiger partial charge in [0.1, 0.15) is 0 Å². The number of nitrogens with one attached hydrogen (secondary N) is 1. The normalized spacial score (nSPS) is 10.2. The van der Waals surface area contributed by atoms with Crippen molar-refractivity contribution in [3.63, 3.8) is 0 Å². The van der Waals surface area contributed by atoms with E-state index < -0.39 is 5.97 Å². The van der Waals surface area contributed by atoms with Crippen LogP contribution in [0.15, 0.2) is 29.9 Å². The molecule has 2 N–H and O–H groups in total. The second-order valence-electron chi connectivity index (χ2n) is 4.25. The predicted molar refractivity (Wildman–Crippen MR) is 77.2 cm³/mol. The SMILES string of the molecule is CN(C)c1ccncc1NCc1cc(C(=O)O)cs1. The molecule has 2 aromatic heterocycles. The van der Waals surface area contributed by atoms with Crippen molar-refractivity contribution in [2.45, 2.75) is 6.54 Å². The fourth-order valence-corrected chi connectivity index (χ4v) is 2.48. The molecule has 2 rings (SSSR count). The minimum atomic E-state index is -0.891. The van der Waals surface area contributed by atoms with Gasteiger partial charge in [-0.25, -0.2) is 4.79 Å². The summed E-state index contributed by atoms with van der Waals surface area (Å²) < 4.78 is 0. The number of pyridine rings is 1. The second-order valence-corrected chi connectivity index (χ2v) is 5.24. The van der Waals surface area contributed by atoms with Gasteiger partial charge in [-0.15, -0.1) is 11.3 Å². The van der Waals surface area contributed by atoms with E-state index in [-0.39, 0.29) is 0 Å². The molecular formula is C13H15N3O2S. The molecule has 0 atom stereocenters. The highest BCUT2D eigenvalue weighted by molar-refractivity contribution is 7.10. The molecule has 0 amide bonds. The summed E-state index contributed by atoms with van der Waals surface area (Å²) in [5.74, 6) is -0.891. The number of anilines is 2. The highest BCUT2D eigenvalue weighted by Crippen LogP contribution is 2.24. The fraction of sp³-hybridized carbons (Fsp3) is 0.231. The maximum atomic E-state index is 10.8. The summed E-state index contributed by atoms with van der Waals surface area (Å²) >= 11 is 1.43. The molecule has 6 heteroatoms. The Morgan fingerprint density at radius 1 is 1.53 bits per heavy atom. The Hall–Kier alpha value is -2.08. The van der Waals surface area contributed by atoms with Crippen LogP contribution in [0.2, 0.25) is 0 Å². The van der Waals surface area contributed by atoms with E-state index in [2.05, 4.69) is 10.3 Å². The summed E-state index contributed by atoms with van der Waals surface area (Å²) in [7, 11) is 3.93. The van der Waals surface area contributed by atoms with E-state index in [1.807, 2.05) is 25.1 Å². The summed E-state index contributed by atoms with van der Waals surface area (Å²) in [5.41, 5.74) is 2.31. The van der Waals surface area contributed by atoms with E-state index in [1.165, 1.54) is 11.3 Å². The van der Waals surface area contributed by atoms with E-state index in [0.29, 0.717) is 12.1 Å². The van der Waals surface area contributed by atoms with Gasteiger partial charge in [-0.3, -0.25) is 4.98 Å². The van der Waals surface area contributed by atoms with Crippen molar-refractivity contribution in [3.8, 4) is 0 Å². The molecule has 0 saturated carbocycles. The van der Waals surface area contributed by atoms with Crippen molar-refractivity contribution >= 4 is 28.7 Å². The van der Waals surface area contributed by atoms with Crippen molar-refractivity contribution in [1.29, 1.82) is 0 Å². The van der Waals surface area contributed by atoms with Gasteiger partial charge in [-0.05, 0) is 12.1 Å². The van der Waals surface area contributed by atoms with Crippen molar-refractivity contribution in [2.24, 2.45) is 0 Å². The Bertz CT molecular complexity index is 581. The van der Waals surface area contributed by atoms with Crippen LogP contribution in [0.3, 0.4) is 0 Å². The standard InChI is InChI=1S/C13H15N3O2S/c1-16(2)12-3-4-14-7-11(12)15-6-10-5-9(8-19-10)13(17)18/h3-5,7-8,15H,6H2,1-2H3,(H,17,18). The van der Waals surface area contributed by atoms with Crippen molar-refractivity contribution in [3.05, 3.63) is 40.3 Å². The third-order valence-corrected chi connectivity index (χ3v) is 3.57. The Labute approximate surface area is 115 Å². The summed E-state index contributed by atoms with van der Waals surface area (Å²) in [6.45, 7) is 0.588. The number of hydrogen-bond acceptors (Lipinski definition) is 5. The summed E-state index contributed by atoms with van der Waals surface area (Å²) in [4.78, 5) is 17.9. The lowest BCUT2D eigenvalue weighted by atomic mass is 10.3. The average Bonchev–Trinajstić information content (AvgIpc) is 2.85. The fourth-order valence-electron chi connectivity index (χ4n) is 1.68. The maximum absolute atomic E-state index is 10.8. The molecule has 0 aliphatic heterocycles. The van der Waals surface area contributed by atoms with Crippen molar-refractivity contribution in [2.75, 3.05) is 24.3 Å². The zero-order valence-corrected chi connectivity index (χ0v) is 11.6. The van der Waals surface area contributed by atoms with Gasteiger partial charge >= 0.3 is 5.97 Å². The van der Waals surface area contributed by atoms with Crippen LogP contribution in [-0.2, 0) is 6.54 Å². The number of carboxylic acid groups (broad SMARTS) is 1. The third kappa shape index (κ3) is 3.23. The van der Waals surface area contributed by atoms with Crippen LogP contribution in [0, 0.1) is 0 Å². The molecular weight excluding hydrogens is 262 g/mol. The molecule has 0 aromatic carbocycles. The first-order chi connectivity index (χ1) is 9.08. The maximum Gasteiger partial charge on any atom is 0.336 e. The lowest BCUT2D eigenvalue weighted by Crippen LogP contribution is -2.12. The van der Waals surface area contributed by atoms with Gasteiger partial charge in [0.2, 0.25) is 0 Å². The first-order valence-electron chi connectivity index (χ1n) is 5.74. The first kappa shape index (κ1) is 13.4. The zero-order chi connectivity index (χ0) is 13.8. The minimum Gasteiger partial charge on any atom is -0.478 e. The summed E-state index contributed by atoms with van der Waals surface area (Å²) in [5, 5.41) is 13.8. The summed E-state index contributed by atoms with van der Waals surface area (Å²) in [6.07, 6.45) is 3.51. The van der Waals surface area contributed by atoms with Gasteiger partial charge in [0.25, 0.3) is 0 Å². The van der Waals surface area contributed by atoms with Gasteiger partial charge < -0.3 is 15.3 Å². The van der Waals surface area contributed by atoms with Crippen LogP contribution in [0.1, 0.15) is 15.2 Å². The molecule has 0 saturated heterocycles. The monoisotopic (exact) mass is 277 g/mol. The Morgan fingerprint density at radius 2 is 2.32 bits per heavy atom. The lowest BCUT2D eigenvalue weighted by Gasteiger charge is -2.17. The number of aromatic carboxylic acids is 1. The zero-order valence-electron chi connectivity index (χ0n) is 10.8. The van der Waals surface area contributed by atoms with Gasteiger partial charge in [-0.1, -0.05) is 0 Å². The molecule has 0 aliphatic rings. The van der Waals surface area contributed by atoms with E-state index in [0.717, 1.165) is 16.3 Å². The van der Waals surface area contributed by atoms with Crippen LogP contribution in [0.25, 0.3) is 0 Å². The van der Waals surface area contributed by atoms with E-state index in [1.54, 1.807) is 23.8 Å². The van der Waals surface area contributed by atoms with Crippen LogP contribution in [-0.4, -0.2) is 30.2 Å². The smallest absolute Gasteiger partial charge is 0.336 e. The number of hydrogen-bond donors (Lipinski definition) is 2. The predicted octanol–water partition coefficient (Wildman–Crippen LogP) is 2.52. The summed E-state index contributed by atoms with van der Waals surface area (Å²) in [6, 6.07) is 3.62. The van der Waals surface area contributed by atoms with Gasteiger partial charge in [0.15, 0.2) is 0 Å². The molecule has 5 nitrogen and oxygen atoms in total. The number of aromatic nitrogens is 1. The molecule has 100 valence electrons. The molecule has 2 heterocycles. The Balaban J connectivity index is 2.08. The van der Waals surface area contributed by atoms with E-state index in [9.17, 15) is 4.79 Å². The largest absolute Gasteiger partial charge is 0.478 e. The minimum absolute atomic E-state index is 0.334. The van der Waals surface area contributed by atoms with Crippen molar-refractivity contribution in [1.82, 2.24) is 4.98 Å². The highest BCUT2D eigenvalue weighted by atomic mass is 32.1. The van der Waals surface area contributed by atoms with E-state index >= 15 is 0 Å². The lowest BCUT2D eigenvalue weighted by molar-refractivity contribution is 0.0697. The molecule has 0 aliphatic carbocycles. The van der Waals surface area contributed by atoms with E-state index in [4.69, 9.17) is 5.11 Å². The van der Waals surface area contributed by atoms with Crippen LogP contribution >= 0.6 is 11.3 Å². The third-order valence-electron chi connectivity index (χ3n) is 2.63. The molecule has 2 aromatic rings. The molecule has 0 bridgehead atoms. The second kappa shape index (κ2) is 5.71. The number of thiophene rings is 1. The average molecular weight is 277 g/mol. The Morgan fingerprint density at radius 3 is 2.95 bits per heavy atom. The Kier molecular flexibility index (Phi) is 4.01. The quantitative estimate of drug-likeness (QED) is 0.879. The molecule has 0 spiro atoms. The molecule has 19 heavy (non-hydrogen) atoms. The van der Waals surface area contributed by atoms with Crippen molar-refractivity contribution < 1.29 is 9.90 Å². The number of nitrogens with zero attached hydrogens (tertiary/aromatic N) is 2. The van der Waals surface area contributed by atoms with Crippen LogP contribution < -0.4 is 10.2 Å². The highest BCUT2D eigenvalue weighted by Gasteiger charge is 2.08. The number of rotatable bonds is 5. The topological polar surface area (TPSA) is 65.5 Å². The number of carboxylic acids is 1. The molecule has 0 radical (unpaired) electrons. The molecule has 0 fully saturated rings.